The Morgan fingerprint density at radius 1 is 1.32 bits per heavy atom. The first-order valence-corrected chi connectivity index (χ1v) is 7.40. The monoisotopic (exact) mass is 262 g/mol. The first kappa shape index (κ1) is 12.9. The minimum Gasteiger partial charge on any atom is -0.369 e. The van der Waals surface area contributed by atoms with Gasteiger partial charge in [-0.1, -0.05) is 6.07 Å². The topological polar surface area (TPSA) is 15.3 Å². The van der Waals surface area contributed by atoms with E-state index < -0.39 is 0 Å². The third-order valence-electron chi connectivity index (χ3n) is 4.48. The molecule has 3 rings (SSSR count). The summed E-state index contributed by atoms with van der Waals surface area (Å²) in [5.41, 5.74) is 1.77. The van der Waals surface area contributed by atoms with Gasteiger partial charge in [0.1, 0.15) is 5.82 Å². The molecule has 0 aliphatic heterocycles. The van der Waals surface area contributed by atoms with Crippen LogP contribution in [0.1, 0.15) is 38.2 Å². The van der Waals surface area contributed by atoms with Crippen LogP contribution in [0.25, 0.3) is 0 Å². The lowest BCUT2D eigenvalue weighted by Crippen LogP contribution is -2.31. The molecule has 3 heteroatoms. The van der Waals surface area contributed by atoms with Gasteiger partial charge in [-0.3, -0.25) is 0 Å². The van der Waals surface area contributed by atoms with Gasteiger partial charge in [-0.05, 0) is 56.2 Å². The molecule has 2 saturated carbocycles. The SMILES string of the molecule is CC(C1CC1)N(C)c1ccc(CNC2CC2)cc1F. The highest BCUT2D eigenvalue weighted by molar-refractivity contribution is 5.49. The van der Waals surface area contributed by atoms with Gasteiger partial charge in [0, 0.05) is 25.7 Å². The van der Waals surface area contributed by atoms with Crippen LogP contribution in [0.15, 0.2) is 18.2 Å². The van der Waals surface area contributed by atoms with E-state index in [9.17, 15) is 4.39 Å². The van der Waals surface area contributed by atoms with Crippen molar-refractivity contribution in [1.29, 1.82) is 0 Å². The van der Waals surface area contributed by atoms with E-state index in [1.165, 1.54) is 25.7 Å². The Bertz CT molecular complexity index is 452. The lowest BCUT2D eigenvalue weighted by molar-refractivity contribution is 0.574. The summed E-state index contributed by atoms with van der Waals surface area (Å²) in [4.78, 5) is 2.09. The van der Waals surface area contributed by atoms with Gasteiger partial charge in [-0.15, -0.1) is 0 Å². The second-order valence-corrected chi connectivity index (χ2v) is 6.13. The summed E-state index contributed by atoms with van der Waals surface area (Å²) >= 11 is 0. The van der Waals surface area contributed by atoms with Gasteiger partial charge in [0.15, 0.2) is 0 Å². The van der Waals surface area contributed by atoms with Crippen LogP contribution < -0.4 is 10.2 Å². The predicted octanol–water partition coefficient (Wildman–Crippen LogP) is 3.31. The minimum absolute atomic E-state index is 0.0925. The number of nitrogens with zero attached hydrogens (tertiary/aromatic N) is 1. The second kappa shape index (κ2) is 5.12. The third kappa shape index (κ3) is 3.08. The number of nitrogens with one attached hydrogen (secondary N) is 1. The molecule has 0 aromatic heterocycles. The molecule has 1 unspecified atom stereocenters. The molecular formula is C16H23FN2. The van der Waals surface area contributed by atoms with Crippen LogP contribution >= 0.6 is 0 Å². The molecule has 2 aliphatic carbocycles. The highest BCUT2D eigenvalue weighted by Crippen LogP contribution is 2.36. The molecule has 104 valence electrons. The molecule has 1 aromatic carbocycles. The van der Waals surface area contributed by atoms with Crippen molar-refractivity contribution >= 4 is 5.69 Å². The van der Waals surface area contributed by atoms with E-state index in [1.807, 2.05) is 19.2 Å². The molecule has 1 aromatic rings. The summed E-state index contributed by atoms with van der Waals surface area (Å²) < 4.78 is 14.2. The van der Waals surface area contributed by atoms with Crippen molar-refractivity contribution in [2.45, 2.75) is 51.2 Å². The van der Waals surface area contributed by atoms with E-state index in [0.29, 0.717) is 12.1 Å². The Kier molecular flexibility index (Phi) is 3.48. The highest BCUT2D eigenvalue weighted by atomic mass is 19.1. The number of hydrogen-bond acceptors (Lipinski definition) is 2. The summed E-state index contributed by atoms with van der Waals surface area (Å²) in [6, 6.07) is 6.76. The average Bonchev–Trinajstić information content (AvgIpc) is 3.28. The van der Waals surface area contributed by atoms with Gasteiger partial charge in [-0.25, -0.2) is 4.39 Å². The second-order valence-electron chi connectivity index (χ2n) is 6.13. The first-order valence-electron chi connectivity index (χ1n) is 7.40. The van der Waals surface area contributed by atoms with Gasteiger partial charge in [0.25, 0.3) is 0 Å². The summed E-state index contributed by atoms with van der Waals surface area (Å²) in [6.45, 7) is 2.98. The maximum Gasteiger partial charge on any atom is 0.146 e. The Labute approximate surface area is 115 Å². The van der Waals surface area contributed by atoms with Crippen LogP contribution in [0.3, 0.4) is 0 Å². The quantitative estimate of drug-likeness (QED) is 0.846. The molecule has 0 saturated heterocycles. The van der Waals surface area contributed by atoms with Crippen molar-refractivity contribution < 1.29 is 4.39 Å². The standard InChI is InChI=1S/C16H23FN2/c1-11(13-4-5-13)19(2)16-8-3-12(9-15(16)17)10-18-14-6-7-14/h3,8-9,11,13-14,18H,4-7,10H2,1-2H3. The van der Waals surface area contributed by atoms with Crippen molar-refractivity contribution in [3.63, 3.8) is 0 Å². The van der Waals surface area contributed by atoms with Crippen molar-refractivity contribution in [2.75, 3.05) is 11.9 Å². The third-order valence-corrected chi connectivity index (χ3v) is 4.48. The van der Waals surface area contributed by atoms with E-state index in [-0.39, 0.29) is 5.82 Å². The maximum atomic E-state index is 14.2. The van der Waals surface area contributed by atoms with Crippen LogP contribution in [0.2, 0.25) is 0 Å². The fraction of sp³-hybridized carbons (Fsp3) is 0.625. The van der Waals surface area contributed by atoms with E-state index in [2.05, 4.69) is 17.1 Å². The normalized spacial score (nSPS) is 20.4. The molecule has 19 heavy (non-hydrogen) atoms. The molecule has 1 atom stereocenters. The van der Waals surface area contributed by atoms with Gasteiger partial charge in [0.05, 0.1) is 5.69 Å². The molecular weight excluding hydrogens is 239 g/mol. The van der Waals surface area contributed by atoms with E-state index in [0.717, 1.165) is 23.7 Å². The van der Waals surface area contributed by atoms with Crippen LogP contribution in [0.4, 0.5) is 10.1 Å². The zero-order chi connectivity index (χ0) is 13.4. The molecule has 2 nitrogen and oxygen atoms in total. The zero-order valence-corrected chi connectivity index (χ0v) is 11.8. The van der Waals surface area contributed by atoms with Gasteiger partial charge >= 0.3 is 0 Å². The number of hydrogen-bond donors (Lipinski definition) is 1. The Morgan fingerprint density at radius 2 is 2.05 bits per heavy atom. The average molecular weight is 262 g/mol. The molecule has 1 N–H and O–H groups in total. The molecule has 2 aliphatic rings. The largest absolute Gasteiger partial charge is 0.369 e. The lowest BCUT2D eigenvalue weighted by atomic mass is 10.1. The van der Waals surface area contributed by atoms with Gasteiger partial charge in [0.2, 0.25) is 0 Å². The van der Waals surface area contributed by atoms with Crippen LogP contribution in [0.5, 0.6) is 0 Å². The fourth-order valence-electron chi connectivity index (χ4n) is 2.61. The predicted molar refractivity (Wildman–Crippen MR) is 76.9 cm³/mol. The van der Waals surface area contributed by atoms with E-state index >= 15 is 0 Å². The molecule has 0 spiro atoms. The summed E-state index contributed by atoms with van der Waals surface area (Å²) in [5.74, 6) is 0.658. The molecule has 2 fully saturated rings. The first-order chi connectivity index (χ1) is 9.15. The molecule has 0 amide bonds. The number of rotatable bonds is 6. The fourth-order valence-corrected chi connectivity index (χ4v) is 2.61. The lowest BCUT2D eigenvalue weighted by Gasteiger charge is -2.27. The Balaban J connectivity index is 1.67. The van der Waals surface area contributed by atoms with Crippen LogP contribution in [-0.4, -0.2) is 19.1 Å². The molecule has 0 radical (unpaired) electrons. The highest BCUT2D eigenvalue weighted by Gasteiger charge is 2.31. The van der Waals surface area contributed by atoms with E-state index in [4.69, 9.17) is 0 Å². The Morgan fingerprint density at radius 3 is 2.63 bits per heavy atom. The molecule has 0 heterocycles. The van der Waals surface area contributed by atoms with E-state index in [1.54, 1.807) is 6.07 Å². The number of halogens is 1. The van der Waals surface area contributed by atoms with Crippen molar-refractivity contribution in [2.24, 2.45) is 5.92 Å². The minimum atomic E-state index is -0.0925. The summed E-state index contributed by atoms with van der Waals surface area (Å²) in [7, 11) is 2.00. The molecule has 0 bridgehead atoms. The van der Waals surface area contributed by atoms with Crippen molar-refractivity contribution in [3.05, 3.63) is 29.6 Å². The summed E-state index contributed by atoms with van der Waals surface area (Å²) in [6.07, 6.45) is 5.11. The van der Waals surface area contributed by atoms with Crippen molar-refractivity contribution in [1.82, 2.24) is 5.32 Å². The Hall–Kier alpha value is -1.09. The smallest absolute Gasteiger partial charge is 0.146 e. The van der Waals surface area contributed by atoms with Crippen molar-refractivity contribution in [3.8, 4) is 0 Å². The van der Waals surface area contributed by atoms with Crippen LogP contribution in [-0.2, 0) is 6.54 Å². The van der Waals surface area contributed by atoms with Gasteiger partial charge < -0.3 is 10.2 Å². The number of anilines is 1. The number of benzene rings is 1. The maximum absolute atomic E-state index is 14.2. The zero-order valence-electron chi connectivity index (χ0n) is 11.8. The summed E-state index contributed by atoms with van der Waals surface area (Å²) in [5, 5.41) is 3.42. The van der Waals surface area contributed by atoms with Gasteiger partial charge in [-0.2, -0.15) is 0 Å². The van der Waals surface area contributed by atoms with Crippen LogP contribution in [0, 0.1) is 11.7 Å².